The molecule has 0 atom stereocenters. The Morgan fingerprint density at radius 1 is 1.12 bits per heavy atom. The van der Waals surface area contributed by atoms with Crippen molar-refractivity contribution < 1.29 is 4.79 Å². The Hall–Kier alpha value is -2.53. The molecule has 3 aromatic rings. The van der Waals surface area contributed by atoms with Gasteiger partial charge in [0.2, 0.25) is 0 Å². The SMILES string of the molecule is Cc1ccc(SCCNC(=O)c2cc(-c3ccccc3)n[nH]2)cc1. The number of carbonyl (C=O) groups is 1. The zero-order valence-electron chi connectivity index (χ0n) is 13.5. The fourth-order valence-corrected chi connectivity index (χ4v) is 3.03. The fourth-order valence-electron chi connectivity index (χ4n) is 2.26. The molecule has 0 bridgehead atoms. The topological polar surface area (TPSA) is 57.8 Å². The van der Waals surface area contributed by atoms with Gasteiger partial charge in [0.15, 0.2) is 0 Å². The van der Waals surface area contributed by atoms with E-state index in [1.807, 2.05) is 30.3 Å². The van der Waals surface area contributed by atoms with Crippen LogP contribution < -0.4 is 5.32 Å². The first-order valence-corrected chi connectivity index (χ1v) is 8.79. The molecule has 5 heteroatoms. The van der Waals surface area contributed by atoms with E-state index in [1.165, 1.54) is 10.5 Å². The Labute approximate surface area is 145 Å². The van der Waals surface area contributed by atoms with Crippen LogP contribution in [-0.2, 0) is 0 Å². The monoisotopic (exact) mass is 337 g/mol. The summed E-state index contributed by atoms with van der Waals surface area (Å²) in [5, 5.41) is 9.91. The van der Waals surface area contributed by atoms with Crippen molar-refractivity contribution in [3.8, 4) is 11.3 Å². The van der Waals surface area contributed by atoms with Gasteiger partial charge < -0.3 is 5.32 Å². The highest BCUT2D eigenvalue weighted by atomic mass is 32.2. The molecule has 3 rings (SSSR count). The predicted molar refractivity (Wildman–Crippen MR) is 98.3 cm³/mol. The van der Waals surface area contributed by atoms with Crippen LogP contribution >= 0.6 is 11.8 Å². The molecule has 2 N–H and O–H groups in total. The molecule has 0 fully saturated rings. The van der Waals surface area contributed by atoms with Crippen LogP contribution in [0.1, 0.15) is 16.1 Å². The molecule has 0 aliphatic heterocycles. The van der Waals surface area contributed by atoms with Crippen molar-refractivity contribution in [3.05, 3.63) is 71.9 Å². The number of hydrogen-bond acceptors (Lipinski definition) is 3. The van der Waals surface area contributed by atoms with Gasteiger partial charge in [-0.25, -0.2) is 0 Å². The molecule has 0 aliphatic rings. The summed E-state index contributed by atoms with van der Waals surface area (Å²) in [6.07, 6.45) is 0. The highest BCUT2D eigenvalue weighted by Crippen LogP contribution is 2.18. The van der Waals surface area contributed by atoms with Gasteiger partial charge in [-0.05, 0) is 25.1 Å². The van der Waals surface area contributed by atoms with Crippen LogP contribution in [0.3, 0.4) is 0 Å². The van der Waals surface area contributed by atoms with E-state index < -0.39 is 0 Å². The van der Waals surface area contributed by atoms with E-state index in [0.29, 0.717) is 12.2 Å². The molecule has 0 spiro atoms. The molecule has 1 amide bonds. The molecule has 0 saturated carbocycles. The number of amides is 1. The molecule has 0 aliphatic carbocycles. The molecule has 0 radical (unpaired) electrons. The number of benzene rings is 2. The summed E-state index contributed by atoms with van der Waals surface area (Å²) < 4.78 is 0. The maximum absolute atomic E-state index is 12.2. The van der Waals surface area contributed by atoms with Gasteiger partial charge in [0.05, 0.1) is 5.69 Å². The highest BCUT2D eigenvalue weighted by Gasteiger charge is 2.10. The van der Waals surface area contributed by atoms with E-state index in [4.69, 9.17) is 0 Å². The largest absolute Gasteiger partial charge is 0.350 e. The molecule has 0 unspecified atom stereocenters. The van der Waals surface area contributed by atoms with Gasteiger partial charge in [-0.3, -0.25) is 9.89 Å². The second-order valence-corrected chi connectivity index (χ2v) is 6.62. The molecule has 2 aromatic carbocycles. The Bertz CT molecular complexity index is 797. The second-order valence-electron chi connectivity index (χ2n) is 5.45. The molecule has 24 heavy (non-hydrogen) atoms. The minimum absolute atomic E-state index is 0.130. The summed E-state index contributed by atoms with van der Waals surface area (Å²) in [6.45, 7) is 2.68. The quantitative estimate of drug-likeness (QED) is 0.530. The van der Waals surface area contributed by atoms with E-state index >= 15 is 0 Å². The Kier molecular flexibility index (Phi) is 5.33. The van der Waals surface area contributed by atoms with Crippen molar-refractivity contribution in [1.29, 1.82) is 0 Å². The highest BCUT2D eigenvalue weighted by molar-refractivity contribution is 7.99. The third-order valence-corrected chi connectivity index (χ3v) is 4.58. The van der Waals surface area contributed by atoms with Crippen LogP contribution in [0.15, 0.2) is 65.6 Å². The maximum Gasteiger partial charge on any atom is 0.269 e. The van der Waals surface area contributed by atoms with Crippen molar-refractivity contribution in [1.82, 2.24) is 15.5 Å². The van der Waals surface area contributed by atoms with E-state index in [9.17, 15) is 4.79 Å². The van der Waals surface area contributed by atoms with E-state index in [2.05, 4.69) is 46.7 Å². The lowest BCUT2D eigenvalue weighted by Crippen LogP contribution is -2.26. The Morgan fingerprint density at radius 2 is 1.88 bits per heavy atom. The summed E-state index contributed by atoms with van der Waals surface area (Å²) in [6, 6.07) is 20.0. The van der Waals surface area contributed by atoms with Crippen LogP contribution in [0.25, 0.3) is 11.3 Å². The lowest BCUT2D eigenvalue weighted by molar-refractivity contribution is 0.0951. The summed E-state index contributed by atoms with van der Waals surface area (Å²) in [7, 11) is 0. The number of aromatic nitrogens is 2. The van der Waals surface area contributed by atoms with Gasteiger partial charge >= 0.3 is 0 Å². The molecule has 122 valence electrons. The first kappa shape index (κ1) is 16.3. The van der Waals surface area contributed by atoms with Crippen LogP contribution in [0.2, 0.25) is 0 Å². The zero-order valence-corrected chi connectivity index (χ0v) is 14.3. The smallest absolute Gasteiger partial charge is 0.269 e. The normalized spacial score (nSPS) is 10.5. The average molecular weight is 337 g/mol. The summed E-state index contributed by atoms with van der Waals surface area (Å²) in [5.74, 6) is 0.697. The number of aryl methyl sites for hydroxylation is 1. The molecular formula is C19H19N3OS. The fraction of sp³-hybridized carbons (Fsp3) is 0.158. The second kappa shape index (κ2) is 7.84. The summed E-state index contributed by atoms with van der Waals surface area (Å²) >= 11 is 1.73. The molecule has 4 nitrogen and oxygen atoms in total. The molecule has 0 saturated heterocycles. The van der Waals surface area contributed by atoms with E-state index in [1.54, 1.807) is 17.8 Å². The predicted octanol–water partition coefficient (Wildman–Crippen LogP) is 3.91. The van der Waals surface area contributed by atoms with Gasteiger partial charge in [0, 0.05) is 22.8 Å². The van der Waals surface area contributed by atoms with Crippen LogP contribution in [-0.4, -0.2) is 28.4 Å². The lowest BCUT2D eigenvalue weighted by Gasteiger charge is -2.04. The first-order valence-electron chi connectivity index (χ1n) is 7.81. The lowest BCUT2D eigenvalue weighted by atomic mass is 10.1. The molecule has 1 aromatic heterocycles. The number of nitrogens with one attached hydrogen (secondary N) is 2. The molecular weight excluding hydrogens is 318 g/mol. The number of carbonyl (C=O) groups excluding carboxylic acids is 1. The van der Waals surface area contributed by atoms with Gasteiger partial charge in [-0.15, -0.1) is 11.8 Å². The van der Waals surface area contributed by atoms with Gasteiger partial charge in [0.25, 0.3) is 5.91 Å². The van der Waals surface area contributed by atoms with Crippen LogP contribution in [0, 0.1) is 6.92 Å². The minimum Gasteiger partial charge on any atom is -0.350 e. The van der Waals surface area contributed by atoms with Gasteiger partial charge in [-0.2, -0.15) is 5.10 Å². The third-order valence-electron chi connectivity index (χ3n) is 3.57. The van der Waals surface area contributed by atoms with Gasteiger partial charge in [-0.1, -0.05) is 48.0 Å². The van der Waals surface area contributed by atoms with Crippen molar-refractivity contribution in [2.24, 2.45) is 0 Å². The summed E-state index contributed by atoms with van der Waals surface area (Å²) in [4.78, 5) is 13.4. The van der Waals surface area contributed by atoms with Crippen molar-refractivity contribution >= 4 is 17.7 Å². The summed E-state index contributed by atoms with van der Waals surface area (Å²) in [5.41, 5.74) is 3.49. The van der Waals surface area contributed by atoms with E-state index in [-0.39, 0.29) is 5.91 Å². The third kappa shape index (κ3) is 4.26. The van der Waals surface area contributed by atoms with Gasteiger partial charge in [0.1, 0.15) is 5.69 Å². The standard InChI is InChI=1S/C19H19N3OS/c1-14-7-9-16(10-8-14)24-12-11-20-19(23)18-13-17(21-22-18)15-5-3-2-4-6-15/h2-10,13H,11-12H2,1H3,(H,20,23)(H,21,22). The number of hydrogen-bond donors (Lipinski definition) is 2. The van der Waals surface area contributed by atoms with Crippen LogP contribution in [0.5, 0.6) is 0 Å². The van der Waals surface area contributed by atoms with E-state index in [0.717, 1.165) is 17.0 Å². The number of nitrogens with zero attached hydrogens (tertiary/aromatic N) is 1. The number of thioether (sulfide) groups is 1. The number of H-pyrrole nitrogens is 1. The van der Waals surface area contributed by atoms with Crippen molar-refractivity contribution in [2.45, 2.75) is 11.8 Å². The first-order chi connectivity index (χ1) is 11.7. The Morgan fingerprint density at radius 3 is 2.62 bits per heavy atom. The molecule has 1 heterocycles. The zero-order chi connectivity index (χ0) is 16.8. The van der Waals surface area contributed by atoms with Crippen molar-refractivity contribution in [3.63, 3.8) is 0 Å². The van der Waals surface area contributed by atoms with Crippen LogP contribution in [0.4, 0.5) is 0 Å². The van der Waals surface area contributed by atoms with Crippen molar-refractivity contribution in [2.75, 3.05) is 12.3 Å². The average Bonchev–Trinajstić information content (AvgIpc) is 3.11. The minimum atomic E-state index is -0.130. The maximum atomic E-state index is 12.2. The number of rotatable bonds is 6. The Balaban J connectivity index is 1.49. The number of aromatic amines is 1.